The third-order valence-corrected chi connectivity index (χ3v) is 6.94. The van der Waals surface area contributed by atoms with Gasteiger partial charge in [0.1, 0.15) is 10.6 Å². The van der Waals surface area contributed by atoms with Gasteiger partial charge in [-0.25, -0.2) is 8.42 Å². The Morgan fingerprint density at radius 2 is 1.96 bits per heavy atom. The van der Waals surface area contributed by atoms with Crippen molar-refractivity contribution in [1.82, 2.24) is 8.87 Å². The molecular weight excluding hydrogens is 362 g/mol. The van der Waals surface area contributed by atoms with E-state index in [9.17, 15) is 13.2 Å². The lowest BCUT2D eigenvalue weighted by atomic mass is 10.0. The maximum absolute atomic E-state index is 13.0. The normalized spacial score (nSPS) is 18.4. The number of aromatic nitrogens is 1. The summed E-state index contributed by atoms with van der Waals surface area (Å²) in [6.07, 6.45) is 3.43. The highest BCUT2D eigenvalue weighted by atomic mass is 32.2. The Morgan fingerprint density at radius 1 is 1.22 bits per heavy atom. The molecule has 1 aromatic heterocycles. The van der Waals surface area contributed by atoms with E-state index in [1.165, 1.54) is 16.6 Å². The van der Waals surface area contributed by atoms with Crippen LogP contribution < -0.4 is 5.32 Å². The van der Waals surface area contributed by atoms with Crippen molar-refractivity contribution < 1.29 is 13.2 Å². The molecule has 1 fully saturated rings. The fourth-order valence-corrected chi connectivity index (χ4v) is 5.14. The molecule has 1 atom stereocenters. The molecule has 2 heterocycles. The van der Waals surface area contributed by atoms with E-state index in [1.54, 1.807) is 11.6 Å². The van der Waals surface area contributed by atoms with Crippen molar-refractivity contribution >= 4 is 21.6 Å². The van der Waals surface area contributed by atoms with E-state index in [0.717, 1.165) is 29.7 Å². The molecule has 1 aromatic carbocycles. The second kappa shape index (κ2) is 7.48. The molecule has 0 saturated carbocycles. The highest BCUT2D eigenvalue weighted by Gasteiger charge is 2.30. The maximum atomic E-state index is 13.0. The van der Waals surface area contributed by atoms with Gasteiger partial charge in [-0.2, -0.15) is 4.31 Å². The van der Waals surface area contributed by atoms with Crippen LogP contribution in [0.25, 0.3) is 0 Å². The quantitative estimate of drug-likeness (QED) is 0.872. The van der Waals surface area contributed by atoms with Crippen LogP contribution in [0.3, 0.4) is 0 Å². The van der Waals surface area contributed by atoms with Gasteiger partial charge in [0.15, 0.2) is 0 Å². The van der Waals surface area contributed by atoms with Gasteiger partial charge in [-0.1, -0.05) is 19.1 Å². The minimum Gasteiger partial charge on any atom is -0.345 e. The number of benzene rings is 1. The van der Waals surface area contributed by atoms with Crippen molar-refractivity contribution in [3.8, 4) is 0 Å². The molecule has 0 spiro atoms. The molecule has 1 aliphatic heterocycles. The van der Waals surface area contributed by atoms with Crippen molar-refractivity contribution in [2.75, 3.05) is 18.4 Å². The molecule has 1 amide bonds. The number of hydrogen-bond acceptors (Lipinski definition) is 3. The largest absolute Gasteiger partial charge is 0.345 e. The predicted octanol–water partition coefficient (Wildman–Crippen LogP) is 3.31. The molecule has 6 nitrogen and oxygen atoms in total. The number of anilines is 1. The molecule has 1 aliphatic rings. The summed E-state index contributed by atoms with van der Waals surface area (Å²) >= 11 is 0. The Morgan fingerprint density at radius 3 is 2.67 bits per heavy atom. The topological polar surface area (TPSA) is 71.4 Å². The number of nitrogens with one attached hydrogen (secondary N) is 1. The second-order valence-corrected chi connectivity index (χ2v) is 9.49. The summed E-state index contributed by atoms with van der Waals surface area (Å²) in [5.41, 5.74) is 3.05. The van der Waals surface area contributed by atoms with Gasteiger partial charge in [-0.15, -0.1) is 0 Å². The summed E-state index contributed by atoms with van der Waals surface area (Å²) in [4.78, 5) is 12.9. The summed E-state index contributed by atoms with van der Waals surface area (Å²) in [7, 11) is -1.90. The van der Waals surface area contributed by atoms with Crippen LogP contribution in [0.15, 0.2) is 35.4 Å². The fourth-order valence-electron chi connectivity index (χ4n) is 3.47. The van der Waals surface area contributed by atoms with Gasteiger partial charge in [-0.3, -0.25) is 4.79 Å². The first kappa shape index (κ1) is 19.6. The van der Waals surface area contributed by atoms with Crippen LogP contribution in [-0.2, 0) is 17.1 Å². The lowest BCUT2D eigenvalue weighted by Crippen LogP contribution is -2.38. The standard InChI is InChI=1S/C20H27N3O3S/c1-14-7-8-16(3)18(10-14)21-20(24)19-11-17(13-22(19)4)27(25,26)23-9-5-6-15(2)12-23/h7-8,10-11,13,15H,5-6,9,12H2,1-4H3,(H,21,24)/t15-/m0/s1. The minimum atomic E-state index is -3.59. The van der Waals surface area contributed by atoms with Gasteiger partial charge >= 0.3 is 0 Å². The molecule has 0 bridgehead atoms. The van der Waals surface area contributed by atoms with E-state index >= 15 is 0 Å². The fraction of sp³-hybridized carbons (Fsp3) is 0.450. The van der Waals surface area contributed by atoms with Crippen LogP contribution in [0.2, 0.25) is 0 Å². The Bertz CT molecular complexity index is 963. The number of carbonyl (C=O) groups is 1. The first-order valence-corrected chi connectivity index (χ1v) is 10.7. The molecule has 2 aromatic rings. The first-order chi connectivity index (χ1) is 12.7. The van der Waals surface area contributed by atoms with Crippen LogP contribution in [0.5, 0.6) is 0 Å². The molecule has 27 heavy (non-hydrogen) atoms. The minimum absolute atomic E-state index is 0.171. The van der Waals surface area contributed by atoms with E-state index in [2.05, 4.69) is 12.2 Å². The van der Waals surface area contributed by atoms with Crippen LogP contribution in [0.1, 0.15) is 41.4 Å². The van der Waals surface area contributed by atoms with Crippen LogP contribution in [0, 0.1) is 19.8 Å². The molecular formula is C20H27N3O3S. The van der Waals surface area contributed by atoms with E-state index in [-0.39, 0.29) is 10.8 Å². The Balaban J connectivity index is 1.85. The summed E-state index contributed by atoms with van der Waals surface area (Å²) in [5, 5.41) is 2.89. The number of sulfonamides is 1. The Hall–Kier alpha value is -2.12. The summed E-state index contributed by atoms with van der Waals surface area (Å²) < 4.78 is 29.0. The highest BCUT2D eigenvalue weighted by molar-refractivity contribution is 7.89. The number of carbonyl (C=O) groups excluding carboxylic acids is 1. The Labute approximate surface area is 161 Å². The number of amides is 1. The molecule has 7 heteroatoms. The zero-order valence-electron chi connectivity index (χ0n) is 16.3. The average molecular weight is 390 g/mol. The first-order valence-electron chi connectivity index (χ1n) is 9.23. The lowest BCUT2D eigenvalue weighted by molar-refractivity contribution is 0.101. The van der Waals surface area contributed by atoms with Gasteiger partial charge in [0.25, 0.3) is 5.91 Å². The third kappa shape index (κ3) is 4.09. The highest BCUT2D eigenvalue weighted by Crippen LogP contribution is 2.25. The zero-order valence-corrected chi connectivity index (χ0v) is 17.1. The smallest absolute Gasteiger partial charge is 0.272 e. The number of rotatable bonds is 4. The molecule has 146 valence electrons. The summed E-state index contributed by atoms with van der Waals surface area (Å²) in [5.74, 6) is 0.0314. The van der Waals surface area contributed by atoms with E-state index in [4.69, 9.17) is 0 Å². The van der Waals surface area contributed by atoms with Crippen molar-refractivity contribution in [3.63, 3.8) is 0 Å². The van der Waals surface area contributed by atoms with E-state index in [0.29, 0.717) is 24.7 Å². The molecule has 1 saturated heterocycles. The van der Waals surface area contributed by atoms with Crippen molar-refractivity contribution in [1.29, 1.82) is 0 Å². The molecule has 0 radical (unpaired) electrons. The number of nitrogens with zero attached hydrogens (tertiary/aromatic N) is 2. The average Bonchev–Trinajstić information content (AvgIpc) is 3.01. The van der Waals surface area contributed by atoms with E-state index in [1.807, 2.05) is 32.0 Å². The van der Waals surface area contributed by atoms with Gasteiger partial charge < -0.3 is 9.88 Å². The third-order valence-electron chi connectivity index (χ3n) is 5.11. The monoisotopic (exact) mass is 389 g/mol. The van der Waals surface area contributed by atoms with Gasteiger partial charge in [0, 0.05) is 32.0 Å². The molecule has 1 N–H and O–H groups in total. The Kier molecular flexibility index (Phi) is 5.44. The number of hydrogen-bond donors (Lipinski definition) is 1. The van der Waals surface area contributed by atoms with E-state index < -0.39 is 10.0 Å². The van der Waals surface area contributed by atoms with Crippen LogP contribution >= 0.6 is 0 Å². The van der Waals surface area contributed by atoms with Crippen molar-refractivity contribution in [3.05, 3.63) is 47.3 Å². The summed E-state index contributed by atoms with van der Waals surface area (Å²) in [6, 6.07) is 7.30. The predicted molar refractivity (Wildman–Crippen MR) is 106 cm³/mol. The van der Waals surface area contributed by atoms with Crippen molar-refractivity contribution in [2.24, 2.45) is 13.0 Å². The van der Waals surface area contributed by atoms with Gasteiger partial charge in [0.05, 0.1) is 0 Å². The molecule has 0 aliphatic carbocycles. The second-order valence-electron chi connectivity index (χ2n) is 7.55. The van der Waals surface area contributed by atoms with Crippen LogP contribution in [0.4, 0.5) is 5.69 Å². The molecule has 3 rings (SSSR count). The van der Waals surface area contributed by atoms with Gasteiger partial charge in [-0.05, 0) is 55.9 Å². The summed E-state index contributed by atoms with van der Waals surface area (Å²) in [6.45, 7) is 7.01. The zero-order chi connectivity index (χ0) is 19.8. The number of aryl methyl sites for hydroxylation is 3. The van der Waals surface area contributed by atoms with Crippen LogP contribution in [-0.4, -0.2) is 36.3 Å². The molecule has 0 unspecified atom stereocenters. The lowest BCUT2D eigenvalue weighted by Gasteiger charge is -2.29. The maximum Gasteiger partial charge on any atom is 0.272 e. The number of piperidine rings is 1. The SMILES string of the molecule is Cc1ccc(C)c(NC(=O)c2cc(S(=O)(=O)N3CCC[C@H](C)C3)cn2C)c1. The van der Waals surface area contributed by atoms with Crippen molar-refractivity contribution in [2.45, 2.75) is 38.5 Å². The van der Waals surface area contributed by atoms with Gasteiger partial charge in [0.2, 0.25) is 10.0 Å².